The van der Waals surface area contributed by atoms with Crippen LogP contribution in [0.5, 0.6) is 0 Å². The molecule has 1 heterocycles. The van der Waals surface area contributed by atoms with Crippen molar-refractivity contribution in [2.45, 2.75) is 46.0 Å². The molecule has 0 aliphatic heterocycles. The minimum atomic E-state index is 0.102. The van der Waals surface area contributed by atoms with Gasteiger partial charge in [0, 0.05) is 30.5 Å². The van der Waals surface area contributed by atoms with Crippen LogP contribution in [-0.2, 0) is 19.7 Å². The third-order valence-electron chi connectivity index (χ3n) is 3.28. The van der Waals surface area contributed by atoms with Crippen LogP contribution in [0.15, 0.2) is 42.6 Å². The Bertz CT molecular complexity index is 535. The third kappa shape index (κ3) is 4.22. The Hall–Kier alpha value is -1.58. The van der Waals surface area contributed by atoms with Gasteiger partial charge in [0.15, 0.2) is 0 Å². The van der Waals surface area contributed by atoms with Crippen molar-refractivity contribution in [3.05, 3.63) is 59.4 Å². The summed E-state index contributed by atoms with van der Waals surface area (Å²) >= 11 is 0. The molecule has 3 heteroatoms. The number of aliphatic hydroxyl groups excluding tert-OH is 1. The van der Waals surface area contributed by atoms with Gasteiger partial charge in [-0.2, -0.15) is 0 Å². The number of aliphatic hydroxyl groups is 1. The Labute approximate surface area is 121 Å². The Morgan fingerprint density at radius 1 is 1.05 bits per heavy atom. The quantitative estimate of drug-likeness (QED) is 0.878. The van der Waals surface area contributed by atoms with Gasteiger partial charge in [-0.15, -0.1) is 0 Å². The Morgan fingerprint density at radius 3 is 2.30 bits per heavy atom. The second-order valence-electron chi connectivity index (χ2n) is 6.21. The molecule has 0 aliphatic rings. The van der Waals surface area contributed by atoms with Crippen LogP contribution in [0, 0.1) is 0 Å². The monoisotopic (exact) mass is 272 g/mol. The maximum atomic E-state index is 9.06. The molecule has 108 valence electrons. The van der Waals surface area contributed by atoms with Gasteiger partial charge in [-0.3, -0.25) is 0 Å². The highest BCUT2D eigenvalue weighted by Crippen LogP contribution is 2.11. The van der Waals surface area contributed by atoms with Crippen molar-refractivity contribution < 1.29 is 5.11 Å². The van der Waals surface area contributed by atoms with Crippen LogP contribution in [-0.4, -0.2) is 15.2 Å². The predicted molar refractivity (Wildman–Crippen MR) is 82.5 cm³/mol. The molecule has 0 saturated carbocycles. The van der Waals surface area contributed by atoms with Crippen LogP contribution in [0.1, 0.15) is 37.6 Å². The number of hydrogen-bond acceptors (Lipinski definition) is 2. The van der Waals surface area contributed by atoms with Gasteiger partial charge in [-0.05, 0) is 44.0 Å². The van der Waals surface area contributed by atoms with E-state index in [1.54, 1.807) is 0 Å². The minimum absolute atomic E-state index is 0.102. The summed E-state index contributed by atoms with van der Waals surface area (Å²) in [6, 6.07) is 12.3. The lowest BCUT2D eigenvalue weighted by Crippen LogP contribution is -2.35. The van der Waals surface area contributed by atoms with Crippen LogP contribution < -0.4 is 5.32 Å². The highest BCUT2D eigenvalue weighted by atomic mass is 16.3. The van der Waals surface area contributed by atoms with Crippen molar-refractivity contribution >= 4 is 0 Å². The summed E-state index contributed by atoms with van der Waals surface area (Å²) < 4.78 is 2.26. The second kappa shape index (κ2) is 6.25. The molecule has 3 nitrogen and oxygen atoms in total. The summed E-state index contributed by atoms with van der Waals surface area (Å²) in [4.78, 5) is 0. The summed E-state index contributed by atoms with van der Waals surface area (Å²) in [7, 11) is 0. The molecule has 0 spiro atoms. The average molecular weight is 272 g/mol. The number of hydrogen-bond donors (Lipinski definition) is 2. The molecular weight excluding hydrogens is 248 g/mol. The molecule has 2 aromatic rings. The molecule has 1 aromatic heterocycles. The van der Waals surface area contributed by atoms with Gasteiger partial charge in [0.2, 0.25) is 0 Å². The van der Waals surface area contributed by atoms with Crippen LogP contribution in [0.4, 0.5) is 0 Å². The molecule has 0 amide bonds. The van der Waals surface area contributed by atoms with E-state index in [1.165, 1.54) is 11.3 Å². The molecule has 0 radical (unpaired) electrons. The maximum absolute atomic E-state index is 9.06. The van der Waals surface area contributed by atoms with Gasteiger partial charge in [-0.25, -0.2) is 0 Å². The van der Waals surface area contributed by atoms with Crippen LogP contribution in [0.2, 0.25) is 0 Å². The van der Waals surface area contributed by atoms with Crippen LogP contribution in [0.25, 0.3) is 0 Å². The van der Waals surface area contributed by atoms with Gasteiger partial charge in [0.25, 0.3) is 0 Å². The minimum Gasteiger partial charge on any atom is -0.392 e. The first-order valence-corrected chi connectivity index (χ1v) is 7.06. The zero-order valence-corrected chi connectivity index (χ0v) is 12.6. The fourth-order valence-corrected chi connectivity index (χ4v) is 2.07. The highest BCUT2D eigenvalue weighted by molar-refractivity contribution is 5.23. The summed E-state index contributed by atoms with van der Waals surface area (Å²) in [6.07, 6.45) is 2.11. The van der Waals surface area contributed by atoms with Gasteiger partial charge in [0.1, 0.15) is 0 Å². The Balaban J connectivity index is 2.04. The lowest BCUT2D eigenvalue weighted by atomic mass is 10.1. The van der Waals surface area contributed by atoms with Crippen molar-refractivity contribution in [1.82, 2.24) is 9.88 Å². The average Bonchev–Trinajstić information content (AvgIpc) is 2.84. The van der Waals surface area contributed by atoms with Crippen LogP contribution >= 0.6 is 0 Å². The highest BCUT2D eigenvalue weighted by Gasteiger charge is 2.10. The first kappa shape index (κ1) is 14.8. The van der Waals surface area contributed by atoms with E-state index in [1.807, 2.05) is 12.1 Å². The zero-order valence-electron chi connectivity index (χ0n) is 12.6. The maximum Gasteiger partial charge on any atom is 0.0681 e. The first-order chi connectivity index (χ1) is 9.48. The fourth-order valence-electron chi connectivity index (χ4n) is 2.07. The normalized spacial score (nSPS) is 11.8. The Morgan fingerprint density at radius 2 is 1.70 bits per heavy atom. The molecule has 0 aliphatic carbocycles. The smallest absolute Gasteiger partial charge is 0.0681 e. The third-order valence-corrected chi connectivity index (χ3v) is 3.28. The standard InChI is InChI=1S/C17H24N2O/c1-17(2,3)18-11-16-5-4-10-19(16)12-14-6-8-15(13-20)9-7-14/h4-10,18,20H,11-13H2,1-3H3. The number of rotatable bonds is 5. The van der Waals surface area contributed by atoms with Crippen molar-refractivity contribution in [1.29, 1.82) is 0 Å². The van der Waals surface area contributed by atoms with E-state index in [4.69, 9.17) is 5.11 Å². The molecule has 2 rings (SSSR count). The van der Waals surface area contributed by atoms with Crippen molar-refractivity contribution in [3.8, 4) is 0 Å². The molecule has 0 fully saturated rings. The van der Waals surface area contributed by atoms with Gasteiger partial charge >= 0.3 is 0 Å². The van der Waals surface area contributed by atoms with Crippen LogP contribution in [0.3, 0.4) is 0 Å². The van der Waals surface area contributed by atoms with Gasteiger partial charge < -0.3 is 15.0 Å². The number of aromatic nitrogens is 1. The first-order valence-electron chi connectivity index (χ1n) is 7.06. The van der Waals surface area contributed by atoms with Crippen molar-refractivity contribution in [2.24, 2.45) is 0 Å². The fraction of sp³-hybridized carbons (Fsp3) is 0.412. The number of benzene rings is 1. The van der Waals surface area contributed by atoms with E-state index < -0.39 is 0 Å². The molecule has 2 N–H and O–H groups in total. The Kier molecular flexibility index (Phi) is 4.63. The van der Waals surface area contributed by atoms with E-state index >= 15 is 0 Å². The van der Waals surface area contributed by atoms with E-state index in [2.05, 4.69) is 61.1 Å². The molecule has 1 aromatic carbocycles. The van der Waals surface area contributed by atoms with Crippen molar-refractivity contribution in [3.63, 3.8) is 0 Å². The second-order valence-corrected chi connectivity index (χ2v) is 6.21. The summed E-state index contributed by atoms with van der Waals surface area (Å²) in [5.41, 5.74) is 3.61. The van der Waals surface area contributed by atoms with E-state index in [-0.39, 0.29) is 12.1 Å². The lowest BCUT2D eigenvalue weighted by molar-refractivity contribution is 0.282. The zero-order chi connectivity index (χ0) is 14.6. The summed E-state index contributed by atoms with van der Waals surface area (Å²) in [6.45, 7) is 8.35. The number of nitrogens with one attached hydrogen (secondary N) is 1. The predicted octanol–water partition coefficient (Wildman–Crippen LogP) is 2.92. The molecule has 0 unspecified atom stereocenters. The van der Waals surface area contributed by atoms with Gasteiger partial charge in [-0.1, -0.05) is 24.3 Å². The molecule has 0 bridgehead atoms. The molecule has 0 atom stereocenters. The largest absolute Gasteiger partial charge is 0.392 e. The molecule has 0 saturated heterocycles. The van der Waals surface area contributed by atoms with E-state index in [0.29, 0.717) is 0 Å². The SMILES string of the molecule is CC(C)(C)NCc1cccn1Cc1ccc(CO)cc1. The number of nitrogens with zero attached hydrogens (tertiary/aromatic N) is 1. The molecule has 20 heavy (non-hydrogen) atoms. The van der Waals surface area contributed by atoms with E-state index in [0.717, 1.165) is 18.7 Å². The topological polar surface area (TPSA) is 37.2 Å². The van der Waals surface area contributed by atoms with E-state index in [9.17, 15) is 0 Å². The molecular formula is C17H24N2O. The lowest BCUT2D eigenvalue weighted by Gasteiger charge is -2.21. The summed E-state index contributed by atoms with van der Waals surface area (Å²) in [5.74, 6) is 0. The summed E-state index contributed by atoms with van der Waals surface area (Å²) in [5, 5.41) is 12.6. The van der Waals surface area contributed by atoms with Gasteiger partial charge in [0.05, 0.1) is 6.61 Å². The van der Waals surface area contributed by atoms with Crippen molar-refractivity contribution in [2.75, 3.05) is 0 Å².